The maximum Gasteiger partial charge on any atom is 0.245 e. The second-order valence-corrected chi connectivity index (χ2v) is 6.35. The predicted octanol–water partition coefficient (Wildman–Crippen LogP) is 2.05. The van der Waals surface area contributed by atoms with E-state index in [2.05, 4.69) is 32.3 Å². The first kappa shape index (κ1) is 17.2. The number of hydrogen-bond acceptors (Lipinski definition) is 6. The normalized spacial score (nSPS) is 16.7. The Morgan fingerprint density at radius 1 is 1.52 bits per heavy atom. The minimum atomic E-state index is -0.0227. The minimum absolute atomic E-state index is 0.0227. The van der Waals surface area contributed by atoms with E-state index in [0.29, 0.717) is 35.8 Å². The van der Waals surface area contributed by atoms with Crippen molar-refractivity contribution < 1.29 is 4.79 Å². The van der Waals surface area contributed by atoms with Crippen molar-refractivity contribution in [3.63, 3.8) is 0 Å². The SMILES string of the molecule is C=CC(=O)N1CC[C@@H](CNc2nc(Nc3cnn(C)c3)ncc2Cl)C1. The molecule has 1 atom stereocenters. The number of rotatable bonds is 6. The van der Waals surface area contributed by atoms with Gasteiger partial charge in [-0.15, -0.1) is 0 Å². The number of carbonyl (C=O) groups excluding carboxylic acids is 1. The van der Waals surface area contributed by atoms with E-state index < -0.39 is 0 Å². The molecule has 0 spiro atoms. The molecule has 0 saturated carbocycles. The van der Waals surface area contributed by atoms with E-state index >= 15 is 0 Å². The van der Waals surface area contributed by atoms with E-state index in [0.717, 1.165) is 18.7 Å². The van der Waals surface area contributed by atoms with Crippen LogP contribution in [0.25, 0.3) is 0 Å². The van der Waals surface area contributed by atoms with E-state index in [4.69, 9.17) is 11.6 Å². The van der Waals surface area contributed by atoms with Crippen LogP contribution in [0.3, 0.4) is 0 Å². The monoisotopic (exact) mass is 361 g/mol. The van der Waals surface area contributed by atoms with Gasteiger partial charge in [0.1, 0.15) is 5.02 Å². The summed E-state index contributed by atoms with van der Waals surface area (Å²) in [6.07, 6.45) is 7.37. The summed E-state index contributed by atoms with van der Waals surface area (Å²) in [5.41, 5.74) is 0.796. The molecule has 1 amide bonds. The first-order valence-electron chi connectivity index (χ1n) is 7.98. The summed E-state index contributed by atoms with van der Waals surface area (Å²) in [6, 6.07) is 0. The molecule has 132 valence electrons. The van der Waals surface area contributed by atoms with Crippen LogP contribution in [0.1, 0.15) is 6.42 Å². The number of anilines is 3. The second-order valence-electron chi connectivity index (χ2n) is 5.94. The quantitative estimate of drug-likeness (QED) is 0.766. The van der Waals surface area contributed by atoms with E-state index in [1.807, 2.05) is 13.2 Å². The minimum Gasteiger partial charge on any atom is -0.368 e. The highest BCUT2D eigenvalue weighted by molar-refractivity contribution is 6.32. The summed E-state index contributed by atoms with van der Waals surface area (Å²) >= 11 is 6.18. The van der Waals surface area contributed by atoms with Gasteiger partial charge in [-0.2, -0.15) is 10.1 Å². The lowest BCUT2D eigenvalue weighted by Crippen LogP contribution is -2.28. The van der Waals surface area contributed by atoms with E-state index in [1.165, 1.54) is 6.08 Å². The van der Waals surface area contributed by atoms with Gasteiger partial charge in [-0.1, -0.05) is 18.2 Å². The van der Waals surface area contributed by atoms with Gasteiger partial charge in [0.2, 0.25) is 11.9 Å². The number of amides is 1. The third-order valence-corrected chi connectivity index (χ3v) is 4.31. The number of nitrogens with one attached hydrogen (secondary N) is 2. The lowest BCUT2D eigenvalue weighted by atomic mass is 10.1. The van der Waals surface area contributed by atoms with Crippen LogP contribution >= 0.6 is 11.6 Å². The van der Waals surface area contributed by atoms with Gasteiger partial charge in [0.25, 0.3) is 0 Å². The molecule has 0 radical (unpaired) electrons. The second kappa shape index (κ2) is 7.52. The van der Waals surface area contributed by atoms with Crippen LogP contribution < -0.4 is 10.6 Å². The Kier molecular flexibility index (Phi) is 5.18. The van der Waals surface area contributed by atoms with Crippen molar-refractivity contribution >= 4 is 35.0 Å². The first-order chi connectivity index (χ1) is 12.0. The molecule has 2 N–H and O–H groups in total. The number of carbonyl (C=O) groups is 1. The Balaban J connectivity index is 1.59. The molecule has 2 aromatic heterocycles. The van der Waals surface area contributed by atoms with Crippen LogP contribution in [-0.2, 0) is 11.8 Å². The Bertz CT molecular complexity index is 776. The van der Waals surface area contributed by atoms with Crippen LogP contribution in [0.15, 0.2) is 31.2 Å². The van der Waals surface area contributed by atoms with Crippen molar-refractivity contribution in [3.8, 4) is 0 Å². The highest BCUT2D eigenvalue weighted by Crippen LogP contribution is 2.23. The zero-order valence-corrected chi connectivity index (χ0v) is 14.7. The van der Waals surface area contributed by atoms with Gasteiger partial charge in [-0.05, 0) is 18.4 Å². The summed E-state index contributed by atoms with van der Waals surface area (Å²) < 4.78 is 1.69. The molecule has 0 aliphatic carbocycles. The lowest BCUT2D eigenvalue weighted by molar-refractivity contribution is -0.125. The molecule has 8 nitrogen and oxygen atoms in total. The summed E-state index contributed by atoms with van der Waals surface area (Å²) in [6.45, 7) is 5.67. The number of nitrogens with zero attached hydrogens (tertiary/aromatic N) is 5. The van der Waals surface area contributed by atoms with Gasteiger partial charge in [0.05, 0.1) is 18.1 Å². The van der Waals surface area contributed by atoms with Crippen molar-refractivity contribution in [3.05, 3.63) is 36.3 Å². The third-order valence-electron chi connectivity index (χ3n) is 4.04. The Hall–Kier alpha value is -2.61. The molecule has 9 heteroatoms. The molecule has 3 heterocycles. The average molecular weight is 362 g/mol. The Labute approximate surface area is 150 Å². The molecule has 0 unspecified atom stereocenters. The Morgan fingerprint density at radius 3 is 3.08 bits per heavy atom. The maximum absolute atomic E-state index is 11.6. The van der Waals surface area contributed by atoms with Gasteiger partial charge in [-0.3, -0.25) is 9.48 Å². The molecule has 1 fully saturated rings. The molecule has 0 bridgehead atoms. The van der Waals surface area contributed by atoms with Gasteiger partial charge in [-0.25, -0.2) is 4.98 Å². The molecular formula is C16H20ClN7O. The van der Waals surface area contributed by atoms with E-state index in [1.54, 1.807) is 22.0 Å². The zero-order chi connectivity index (χ0) is 17.8. The van der Waals surface area contributed by atoms with Gasteiger partial charge >= 0.3 is 0 Å². The summed E-state index contributed by atoms with van der Waals surface area (Å²) in [7, 11) is 1.84. The van der Waals surface area contributed by atoms with Crippen LogP contribution in [0.5, 0.6) is 0 Å². The van der Waals surface area contributed by atoms with Crippen LogP contribution in [0.2, 0.25) is 5.02 Å². The predicted molar refractivity (Wildman–Crippen MR) is 96.9 cm³/mol. The molecule has 25 heavy (non-hydrogen) atoms. The fraction of sp³-hybridized carbons (Fsp3) is 0.375. The van der Waals surface area contributed by atoms with Gasteiger partial charge < -0.3 is 15.5 Å². The first-order valence-corrected chi connectivity index (χ1v) is 8.36. The number of halogens is 1. The van der Waals surface area contributed by atoms with Crippen molar-refractivity contribution in [1.82, 2.24) is 24.6 Å². The fourth-order valence-corrected chi connectivity index (χ4v) is 2.89. The standard InChI is InChI=1S/C16H20ClN7O/c1-3-14(25)24-5-4-11(9-24)6-18-15-13(17)8-19-16(22-15)21-12-7-20-23(2)10-12/h3,7-8,10-11H,1,4-6,9H2,2H3,(H2,18,19,21,22)/t11-/m0/s1. The zero-order valence-electron chi connectivity index (χ0n) is 13.9. The Morgan fingerprint density at radius 2 is 2.36 bits per heavy atom. The van der Waals surface area contributed by atoms with E-state index in [9.17, 15) is 4.79 Å². The number of hydrogen-bond donors (Lipinski definition) is 2. The number of aromatic nitrogens is 4. The summed E-state index contributed by atoms with van der Waals surface area (Å²) in [4.78, 5) is 22.0. The third kappa shape index (κ3) is 4.27. The fourth-order valence-electron chi connectivity index (χ4n) is 2.74. The van der Waals surface area contributed by atoms with Crippen molar-refractivity contribution in [2.75, 3.05) is 30.3 Å². The van der Waals surface area contributed by atoms with Gasteiger partial charge in [0.15, 0.2) is 5.82 Å². The molecule has 3 rings (SSSR count). The molecular weight excluding hydrogens is 342 g/mol. The van der Waals surface area contributed by atoms with Crippen molar-refractivity contribution in [2.45, 2.75) is 6.42 Å². The van der Waals surface area contributed by atoms with Crippen LogP contribution in [-0.4, -0.2) is 50.2 Å². The summed E-state index contributed by atoms with van der Waals surface area (Å²) in [5.74, 6) is 1.33. The average Bonchev–Trinajstić information content (AvgIpc) is 3.23. The molecule has 0 aromatic carbocycles. The van der Waals surface area contributed by atoms with Gasteiger partial charge in [0, 0.05) is 32.9 Å². The largest absolute Gasteiger partial charge is 0.368 e. The smallest absolute Gasteiger partial charge is 0.245 e. The number of aryl methyl sites for hydroxylation is 1. The van der Waals surface area contributed by atoms with E-state index in [-0.39, 0.29) is 5.91 Å². The molecule has 2 aromatic rings. The van der Waals surface area contributed by atoms with Crippen molar-refractivity contribution in [1.29, 1.82) is 0 Å². The topological polar surface area (TPSA) is 88.0 Å². The number of likely N-dealkylation sites (tertiary alicyclic amines) is 1. The highest BCUT2D eigenvalue weighted by Gasteiger charge is 2.24. The van der Waals surface area contributed by atoms with Crippen LogP contribution in [0, 0.1) is 5.92 Å². The van der Waals surface area contributed by atoms with Crippen LogP contribution in [0.4, 0.5) is 17.5 Å². The maximum atomic E-state index is 11.6. The molecule has 1 saturated heterocycles. The molecule has 1 aliphatic rings. The van der Waals surface area contributed by atoms with Crippen molar-refractivity contribution in [2.24, 2.45) is 13.0 Å². The summed E-state index contributed by atoms with van der Waals surface area (Å²) in [5, 5.41) is 10.9. The lowest BCUT2D eigenvalue weighted by Gasteiger charge is -2.15. The molecule has 1 aliphatic heterocycles. The highest BCUT2D eigenvalue weighted by atomic mass is 35.5.